The number of nitrogens with zero attached hydrogens (tertiary/aromatic N) is 3. The van der Waals surface area contributed by atoms with Crippen molar-refractivity contribution in [2.45, 2.75) is 70.9 Å². The Morgan fingerprint density at radius 1 is 1.38 bits per heavy atom. The lowest BCUT2D eigenvalue weighted by Gasteiger charge is -2.27. The molecule has 0 saturated carbocycles. The zero-order valence-corrected chi connectivity index (χ0v) is 15.7. The fraction of sp³-hybridized carbons (Fsp3) is 0.824. The fourth-order valence-electron chi connectivity index (χ4n) is 2.71. The number of urea groups is 1. The third-order valence-electron chi connectivity index (χ3n) is 4.65. The highest BCUT2D eigenvalue weighted by molar-refractivity contribution is 5.74. The molecular weight excluding hydrogens is 308 g/mol. The summed E-state index contributed by atoms with van der Waals surface area (Å²) in [5.74, 6) is 1.08. The van der Waals surface area contributed by atoms with E-state index in [1.165, 1.54) is 0 Å². The van der Waals surface area contributed by atoms with Crippen LogP contribution in [-0.2, 0) is 10.2 Å². The van der Waals surface area contributed by atoms with Crippen molar-refractivity contribution < 1.29 is 14.1 Å². The number of likely N-dealkylation sites (tertiary alicyclic amines) is 1. The second-order valence-corrected chi connectivity index (χ2v) is 7.87. The third kappa shape index (κ3) is 4.47. The maximum Gasteiger partial charge on any atom is 0.318 e. The minimum absolute atomic E-state index is 0.0987. The molecular formula is C17H30N4O3. The van der Waals surface area contributed by atoms with Crippen LogP contribution in [0.5, 0.6) is 0 Å². The van der Waals surface area contributed by atoms with Crippen molar-refractivity contribution in [1.29, 1.82) is 0 Å². The van der Waals surface area contributed by atoms with Gasteiger partial charge in [-0.2, -0.15) is 4.98 Å². The van der Waals surface area contributed by atoms with Gasteiger partial charge < -0.3 is 19.5 Å². The van der Waals surface area contributed by atoms with Crippen molar-refractivity contribution in [3.8, 4) is 0 Å². The van der Waals surface area contributed by atoms with Gasteiger partial charge >= 0.3 is 6.03 Å². The number of carbonyl (C=O) groups excluding carboxylic acids is 1. The predicted octanol–water partition coefficient (Wildman–Crippen LogP) is 3.03. The molecule has 0 aromatic carbocycles. The van der Waals surface area contributed by atoms with Crippen molar-refractivity contribution in [3.05, 3.63) is 11.7 Å². The van der Waals surface area contributed by atoms with E-state index in [2.05, 4.69) is 22.4 Å². The van der Waals surface area contributed by atoms with Gasteiger partial charge in [0.25, 0.3) is 0 Å². The number of carbonyl (C=O) groups is 1. The third-order valence-corrected chi connectivity index (χ3v) is 4.65. The van der Waals surface area contributed by atoms with Crippen molar-refractivity contribution in [2.24, 2.45) is 0 Å². The largest absolute Gasteiger partial charge is 0.378 e. The van der Waals surface area contributed by atoms with E-state index in [1.807, 2.05) is 32.6 Å². The highest BCUT2D eigenvalue weighted by Gasteiger charge is 2.30. The van der Waals surface area contributed by atoms with Gasteiger partial charge in [0.05, 0.1) is 5.60 Å². The fourth-order valence-corrected chi connectivity index (χ4v) is 2.71. The smallest absolute Gasteiger partial charge is 0.318 e. The molecule has 2 atom stereocenters. The van der Waals surface area contributed by atoms with E-state index in [4.69, 9.17) is 9.26 Å². The Hall–Kier alpha value is -1.63. The molecule has 0 radical (unpaired) electrons. The molecule has 2 heterocycles. The normalized spacial score (nSPS) is 23.7. The zero-order valence-electron chi connectivity index (χ0n) is 15.7. The van der Waals surface area contributed by atoms with E-state index in [-0.39, 0.29) is 23.1 Å². The molecule has 2 rings (SSSR count). The molecule has 24 heavy (non-hydrogen) atoms. The molecule has 2 amide bonds. The van der Waals surface area contributed by atoms with Crippen LogP contribution in [0.1, 0.15) is 71.6 Å². The van der Waals surface area contributed by atoms with E-state index in [0.29, 0.717) is 18.3 Å². The lowest BCUT2D eigenvalue weighted by molar-refractivity contribution is -0.00501. The molecule has 1 aromatic heterocycles. The van der Waals surface area contributed by atoms with Gasteiger partial charge in [-0.05, 0) is 33.1 Å². The summed E-state index contributed by atoms with van der Waals surface area (Å²) in [5, 5.41) is 6.96. The van der Waals surface area contributed by atoms with E-state index < -0.39 is 0 Å². The van der Waals surface area contributed by atoms with Gasteiger partial charge in [-0.3, -0.25) is 0 Å². The number of rotatable bonds is 3. The van der Waals surface area contributed by atoms with Crippen LogP contribution in [0.15, 0.2) is 4.52 Å². The van der Waals surface area contributed by atoms with Crippen LogP contribution in [0, 0.1) is 0 Å². The molecule has 7 heteroatoms. The van der Waals surface area contributed by atoms with Crippen LogP contribution in [0.3, 0.4) is 0 Å². The SMILES string of the molecule is CO[C@@]1(C)CCCN(C(=O)N[C@H](C)c2nc(C(C)(C)C)no2)CC1. The van der Waals surface area contributed by atoms with E-state index >= 15 is 0 Å². The summed E-state index contributed by atoms with van der Waals surface area (Å²) in [7, 11) is 1.74. The van der Waals surface area contributed by atoms with E-state index in [0.717, 1.165) is 25.8 Å². The van der Waals surface area contributed by atoms with Gasteiger partial charge in [-0.1, -0.05) is 25.9 Å². The lowest BCUT2D eigenvalue weighted by atomic mass is 9.96. The summed E-state index contributed by atoms with van der Waals surface area (Å²) in [6, 6.07) is -0.420. The molecule has 0 unspecified atom stereocenters. The molecule has 0 aliphatic carbocycles. The highest BCUT2D eigenvalue weighted by Crippen LogP contribution is 2.25. The van der Waals surface area contributed by atoms with Crippen molar-refractivity contribution in [2.75, 3.05) is 20.2 Å². The summed E-state index contributed by atoms with van der Waals surface area (Å²) in [6.07, 6.45) is 2.72. The molecule has 136 valence electrons. The summed E-state index contributed by atoms with van der Waals surface area (Å²) < 4.78 is 10.9. The van der Waals surface area contributed by atoms with Crippen LogP contribution in [0.25, 0.3) is 0 Å². The Morgan fingerprint density at radius 2 is 2.08 bits per heavy atom. The first-order chi connectivity index (χ1) is 11.1. The van der Waals surface area contributed by atoms with Gasteiger partial charge in [-0.15, -0.1) is 0 Å². The highest BCUT2D eigenvalue weighted by atomic mass is 16.5. The minimum Gasteiger partial charge on any atom is -0.378 e. The number of amides is 2. The Kier molecular flexibility index (Phi) is 5.52. The van der Waals surface area contributed by atoms with E-state index in [9.17, 15) is 4.79 Å². The van der Waals surface area contributed by atoms with Crippen molar-refractivity contribution in [3.63, 3.8) is 0 Å². The summed E-state index contributed by atoms with van der Waals surface area (Å²) in [4.78, 5) is 18.8. The molecule has 1 aromatic rings. The molecule has 0 spiro atoms. The van der Waals surface area contributed by atoms with Gasteiger partial charge in [0, 0.05) is 25.6 Å². The molecule has 0 bridgehead atoms. The van der Waals surface area contributed by atoms with Crippen LogP contribution in [0.2, 0.25) is 0 Å². The van der Waals surface area contributed by atoms with Crippen LogP contribution < -0.4 is 5.32 Å². The van der Waals surface area contributed by atoms with Gasteiger partial charge in [-0.25, -0.2) is 4.79 Å². The topological polar surface area (TPSA) is 80.5 Å². The minimum atomic E-state index is -0.321. The van der Waals surface area contributed by atoms with Gasteiger partial charge in [0.1, 0.15) is 6.04 Å². The number of aromatic nitrogens is 2. The van der Waals surface area contributed by atoms with Crippen LogP contribution in [0.4, 0.5) is 4.79 Å². The number of hydrogen-bond acceptors (Lipinski definition) is 5. The number of nitrogens with one attached hydrogen (secondary N) is 1. The summed E-state index contributed by atoms with van der Waals surface area (Å²) >= 11 is 0. The van der Waals surface area contributed by atoms with Crippen LogP contribution in [-0.4, -0.2) is 46.9 Å². The first-order valence-electron chi connectivity index (χ1n) is 8.59. The van der Waals surface area contributed by atoms with E-state index in [1.54, 1.807) is 7.11 Å². The zero-order chi connectivity index (χ0) is 18.0. The first kappa shape index (κ1) is 18.7. The Bertz CT molecular complexity index is 566. The molecule has 1 saturated heterocycles. The average molecular weight is 338 g/mol. The number of ether oxygens (including phenoxy) is 1. The maximum absolute atomic E-state index is 12.5. The van der Waals surface area contributed by atoms with Crippen molar-refractivity contribution >= 4 is 6.03 Å². The second kappa shape index (κ2) is 7.09. The molecule has 1 aliphatic rings. The Morgan fingerprint density at radius 3 is 2.67 bits per heavy atom. The monoisotopic (exact) mass is 338 g/mol. The van der Waals surface area contributed by atoms with Gasteiger partial charge in [0.15, 0.2) is 5.82 Å². The summed E-state index contributed by atoms with van der Waals surface area (Å²) in [6.45, 7) is 11.4. The van der Waals surface area contributed by atoms with Crippen molar-refractivity contribution in [1.82, 2.24) is 20.4 Å². The maximum atomic E-state index is 12.5. The second-order valence-electron chi connectivity index (χ2n) is 7.87. The predicted molar refractivity (Wildman–Crippen MR) is 90.8 cm³/mol. The van der Waals surface area contributed by atoms with Crippen LogP contribution >= 0.6 is 0 Å². The molecule has 7 nitrogen and oxygen atoms in total. The molecule has 1 N–H and O–H groups in total. The average Bonchev–Trinajstić information content (AvgIpc) is 2.93. The first-order valence-corrected chi connectivity index (χ1v) is 8.59. The Labute approximate surface area is 144 Å². The number of methoxy groups -OCH3 is 1. The quantitative estimate of drug-likeness (QED) is 0.916. The summed E-state index contributed by atoms with van der Waals surface area (Å²) in [5.41, 5.74) is -0.324. The van der Waals surface area contributed by atoms with Gasteiger partial charge in [0.2, 0.25) is 5.89 Å². The number of hydrogen-bond donors (Lipinski definition) is 1. The molecule has 1 aliphatic heterocycles. The lowest BCUT2D eigenvalue weighted by Crippen LogP contribution is -2.42. The standard InChI is InChI=1S/C17H30N4O3/c1-12(13-19-14(20-24-13)16(2,3)4)18-15(22)21-10-7-8-17(5,23-6)9-11-21/h12H,7-11H2,1-6H3,(H,18,22)/t12-,17+/m1/s1. The molecule has 1 fully saturated rings. The Balaban J connectivity index is 1.95.